The van der Waals surface area contributed by atoms with Crippen molar-refractivity contribution < 1.29 is 10.2 Å². The van der Waals surface area contributed by atoms with Gasteiger partial charge in [-0.05, 0) is 46.1 Å². The molecule has 5 aromatic heterocycles. The summed E-state index contributed by atoms with van der Waals surface area (Å²) in [6.07, 6.45) is 7.63. The molecule has 0 spiro atoms. The highest BCUT2D eigenvalue weighted by molar-refractivity contribution is 6.31. The van der Waals surface area contributed by atoms with Gasteiger partial charge in [0.2, 0.25) is 0 Å². The minimum Gasteiger partial charge on any atom is -0.389 e. The molecule has 1 fully saturated rings. The molecule has 0 bridgehead atoms. The Kier molecular flexibility index (Phi) is 9.07. The average molecular weight is 698 g/mol. The predicted molar refractivity (Wildman–Crippen MR) is 186 cm³/mol. The van der Waals surface area contributed by atoms with Gasteiger partial charge in [-0.3, -0.25) is 0 Å². The monoisotopic (exact) mass is 696 g/mol. The standard InChI is InChI=1S/C22H23ClN6O.C10H12Cl2N4O/c1-22(2,30)12-26-16-9-19(23)28-29-18(11-25-21(16)29)14-5-3-13(4-6-14)17-10-24-20(27-17)15-7-8-15;1-10(2,17)5-14-6-3-7(11)15-16-8(12)4-13-9(6)16/h3-6,9-11,15,26,30H,7-8,12H2,1-2H3,(H,24,27);3-4,14,17H,5H2,1-2H3. The third-order valence-corrected chi connectivity index (χ3v) is 7.94. The summed E-state index contributed by atoms with van der Waals surface area (Å²) in [4.78, 5) is 16.6. The summed E-state index contributed by atoms with van der Waals surface area (Å²) in [6, 6.07) is 11.6. The number of aromatic nitrogens is 8. The fourth-order valence-electron chi connectivity index (χ4n) is 4.80. The number of halogens is 3. The number of hydrogen-bond acceptors (Lipinski definition) is 9. The molecule has 1 aromatic carbocycles. The number of aromatic amines is 1. The van der Waals surface area contributed by atoms with E-state index in [-0.39, 0.29) is 0 Å². The van der Waals surface area contributed by atoms with E-state index in [9.17, 15) is 10.2 Å². The maximum atomic E-state index is 10.0. The fourth-order valence-corrected chi connectivity index (χ4v) is 5.33. The van der Waals surface area contributed by atoms with Gasteiger partial charge in [-0.2, -0.15) is 14.7 Å². The van der Waals surface area contributed by atoms with E-state index in [0.717, 1.165) is 34.0 Å². The Hall–Kier alpha value is -3.94. The molecule has 7 rings (SSSR count). The Balaban J connectivity index is 0.000000193. The molecule has 0 atom stereocenters. The van der Waals surface area contributed by atoms with Crippen molar-refractivity contribution in [1.82, 2.24) is 39.2 Å². The number of H-pyrrole nitrogens is 1. The summed E-state index contributed by atoms with van der Waals surface area (Å²) >= 11 is 18.0. The van der Waals surface area contributed by atoms with Gasteiger partial charge in [0.25, 0.3) is 0 Å². The van der Waals surface area contributed by atoms with Crippen molar-refractivity contribution in [2.24, 2.45) is 0 Å². The van der Waals surface area contributed by atoms with E-state index in [0.29, 0.717) is 51.4 Å². The predicted octanol–water partition coefficient (Wildman–Crippen LogP) is 6.72. The first kappa shape index (κ1) is 33.0. The normalized spacial score (nSPS) is 13.6. The van der Waals surface area contributed by atoms with E-state index in [4.69, 9.17) is 34.8 Å². The molecule has 6 aromatic rings. The number of fused-ring (bicyclic) bond motifs is 2. The molecular formula is C32H35Cl3N10O2. The summed E-state index contributed by atoms with van der Waals surface area (Å²) in [5.41, 5.74) is 4.89. The van der Waals surface area contributed by atoms with Gasteiger partial charge in [0, 0.05) is 36.7 Å². The topological polar surface area (TPSA) is 154 Å². The zero-order valence-electron chi connectivity index (χ0n) is 26.3. The maximum Gasteiger partial charge on any atom is 0.178 e. The molecule has 1 aliphatic carbocycles. The first-order chi connectivity index (χ1) is 22.2. The second kappa shape index (κ2) is 12.9. The molecule has 15 heteroatoms. The second-order valence-electron chi connectivity index (χ2n) is 12.8. The van der Waals surface area contributed by atoms with Gasteiger partial charge in [-0.15, -0.1) is 0 Å². The summed E-state index contributed by atoms with van der Waals surface area (Å²) in [5, 5.41) is 35.4. The van der Waals surface area contributed by atoms with Gasteiger partial charge >= 0.3 is 0 Å². The largest absolute Gasteiger partial charge is 0.389 e. The third kappa shape index (κ3) is 7.96. The highest BCUT2D eigenvalue weighted by Gasteiger charge is 2.26. The number of anilines is 2. The first-order valence-corrected chi connectivity index (χ1v) is 16.2. The van der Waals surface area contributed by atoms with Crippen molar-refractivity contribution in [2.45, 2.75) is 57.7 Å². The van der Waals surface area contributed by atoms with Crippen LogP contribution in [0.3, 0.4) is 0 Å². The Morgan fingerprint density at radius 1 is 0.766 bits per heavy atom. The Labute approximate surface area is 286 Å². The average Bonchev–Trinajstić information content (AvgIpc) is 3.39. The quantitative estimate of drug-likeness (QED) is 0.111. The molecular weight excluding hydrogens is 663 g/mol. The molecule has 1 saturated carbocycles. The van der Waals surface area contributed by atoms with Crippen molar-refractivity contribution in [2.75, 3.05) is 23.7 Å². The van der Waals surface area contributed by atoms with Crippen LogP contribution in [0.4, 0.5) is 11.4 Å². The molecule has 0 saturated heterocycles. The summed E-state index contributed by atoms with van der Waals surface area (Å²) in [5.74, 6) is 1.69. The molecule has 246 valence electrons. The third-order valence-electron chi connectivity index (χ3n) is 7.31. The lowest BCUT2D eigenvalue weighted by Crippen LogP contribution is -2.29. The zero-order chi connectivity index (χ0) is 33.5. The van der Waals surface area contributed by atoms with Crippen LogP contribution in [0.5, 0.6) is 0 Å². The lowest BCUT2D eigenvalue weighted by atomic mass is 10.1. The maximum absolute atomic E-state index is 10.0. The summed E-state index contributed by atoms with van der Waals surface area (Å²) in [6.45, 7) is 7.63. The number of imidazole rings is 3. The SMILES string of the molecule is CC(C)(O)CNc1cc(Cl)nn2c(-c3ccc(-c4cnc(C5CC5)[nH]4)cc3)cnc12.CC(C)(O)CNc1cc(Cl)nn2c(Cl)cnc12. The number of aliphatic hydroxyl groups is 2. The minimum absolute atomic E-state index is 0.302. The molecule has 5 N–H and O–H groups in total. The van der Waals surface area contributed by atoms with Crippen molar-refractivity contribution >= 4 is 57.5 Å². The lowest BCUT2D eigenvalue weighted by Gasteiger charge is -2.18. The van der Waals surface area contributed by atoms with E-state index in [1.165, 1.54) is 23.6 Å². The van der Waals surface area contributed by atoms with Gasteiger partial charge in [0.1, 0.15) is 5.82 Å². The highest BCUT2D eigenvalue weighted by atomic mass is 35.5. The molecule has 0 unspecified atom stereocenters. The van der Waals surface area contributed by atoms with Crippen LogP contribution in [-0.2, 0) is 0 Å². The van der Waals surface area contributed by atoms with Crippen LogP contribution >= 0.6 is 34.8 Å². The number of hydrogen-bond donors (Lipinski definition) is 5. The van der Waals surface area contributed by atoms with Crippen molar-refractivity contribution in [1.29, 1.82) is 0 Å². The van der Waals surface area contributed by atoms with Crippen LogP contribution in [0.2, 0.25) is 15.5 Å². The summed E-state index contributed by atoms with van der Waals surface area (Å²) < 4.78 is 3.17. The van der Waals surface area contributed by atoms with Crippen molar-refractivity contribution in [3.05, 3.63) is 76.3 Å². The van der Waals surface area contributed by atoms with Gasteiger partial charge < -0.3 is 25.8 Å². The van der Waals surface area contributed by atoms with Crippen molar-refractivity contribution in [3.63, 3.8) is 0 Å². The fraction of sp³-hybridized carbons (Fsp3) is 0.344. The number of benzene rings is 1. The minimum atomic E-state index is -0.857. The molecule has 5 heterocycles. The molecule has 1 aliphatic rings. The molecule has 0 amide bonds. The van der Waals surface area contributed by atoms with Crippen LogP contribution in [0, 0.1) is 0 Å². The van der Waals surface area contributed by atoms with E-state index in [2.05, 4.69) is 52.9 Å². The molecule has 47 heavy (non-hydrogen) atoms. The van der Waals surface area contributed by atoms with E-state index >= 15 is 0 Å². The van der Waals surface area contributed by atoms with Gasteiger partial charge in [-0.1, -0.05) is 59.1 Å². The lowest BCUT2D eigenvalue weighted by molar-refractivity contribution is 0.0939. The first-order valence-electron chi connectivity index (χ1n) is 15.1. The van der Waals surface area contributed by atoms with Gasteiger partial charge in [-0.25, -0.2) is 19.5 Å². The molecule has 0 aliphatic heterocycles. The van der Waals surface area contributed by atoms with Crippen LogP contribution in [0.25, 0.3) is 33.8 Å². The smallest absolute Gasteiger partial charge is 0.178 e. The second-order valence-corrected chi connectivity index (χ2v) is 14.0. The number of rotatable bonds is 9. The van der Waals surface area contributed by atoms with Crippen LogP contribution < -0.4 is 10.6 Å². The van der Waals surface area contributed by atoms with Crippen molar-refractivity contribution in [3.8, 4) is 22.5 Å². The van der Waals surface area contributed by atoms with E-state index in [1.807, 2.05) is 18.3 Å². The van der Waals surface area contributed by atoms with E-state index < -0.39 is 11.2 Å². The zero-order valence-corrected chi connectivity index (χ0v) is 28.5. The van der Waals surface area contributed by atoms with Crippen LogP contribution in [0.1, 0.15) is 52.3 Å². The Morgan fingerprint density at radius 2 is 1.30 bits per heavy atom. The Bertz CT molecular complexity index is 2020. The van der Waals surface area contributed by atoms with Gasteiger partial charge in [0.15, 0.2) is 26.8 Å². The van der Waals surface area contributed by atoms with Crippen LogP contribution in [0.15, 0.2) is 55.0 Å². The van der Waals surface area contributed by atoms with Gasteiger partial charge in [0.05, 0.1) is 52.6 Å². The Morgan fingerprint density at radius 3 is 1.87 bits per heavy atom. The van der Waals surface area contributed by atoms with E-state index in [1.54, 1.807) is 50.5 Å². The number of nitrogens with zero attached hydrogens (tertiary/aromatic N) is 7. The molecule has 12 nitrogen and oxygen atoms in total. The summed E-state index contributed by atoms with van der Waals surface area (Å²) in [7, 11) is 0. The highest BCUT2D eigenvalue weighted by Crippen LogP contribution is 2.39. The number of nitrogens with one attached hydrogen (secondary N) is 3. The molecule has 0 radical (unpaired) electrons. The van der Waals surface area contributed by atoms with Crippen LogP contribution in [-0.4, -0.2) is 73.7 Å².